The summed E-state index contributed by atoms with van der Waals surface area (Å²) in [5.41, 5.74) is 3.47. The van der Waals surface area contributed by atoms with E-state index in [1.54, 1.807) is 36.4 Å². The number of imide groups is 1. The number of fused-ring (bicyclic) bond motifs is 2. The molecule has 1 saturated heterocycles. The predicted octanol–water partition coefficient (Wildman–Crippen LogP) is 3.57. The Hall–Kier alpha value is -4.38. The minimum Gasteiger partial charge on any atom is -0.494 e. The van der Waals surface area contributed by atoms with E-state index in [2.05, 4.69) is 15.4 Å². The summed E-state index contributed by atoms with van der Waals surface area (Å²) < 4.78 is 31.2. The molecule has 3 aromatic carbocycles. The van der Waals surface area contributed by atoms with Crippen molar-refractivity contribution in [2.24, 2.45) is 0 Å². The summed E-state index contributed by atoms with van der Waals surface area (Å²) in [4.78, 5) is 30.1. The fourth-order valence-corrected chi connectivity index (χ4v) is 4.60. The number of nitrogens with zero attached hydrogens (tertiary/aromatic N) is 2. The van der Waals surface area contributed by atoms with Gasteiger partial charge < -0.3 is 15.4 Å². The summed E-state index contributed by atoms with van der Waals surface area (Å²) >= 11 is 0. The third-order valence-electron chi connectivity index (χ3n) is 5.53. The topological polar surface area (TPSA) is 130 Å². The molecule has 0 radical (unpaired) electrons. The number of benzene rings is 3. The average molecular weight is 492 g/mol. The molecule has 4 aromatic rings. The maximum absolute atomic E-state index is 12.2. The van der Waals surface area contributed by atoms with E-state index in [-0.39, 0.29) is 12.5 Å². The standard InChI is InChI=1S/C24H21N5O5S/c1-34-21-11-14(28-35(2,32)33)7-10-19(21)27-23-16-5-3-4-6-18(16)26-20-12-15(8-9-17(20)23)29-22(30)13-25-24(29)31/h3-12,28H,13H2,1-2H3,(H,25,31)(H,26,27). The number of anilines is 4. The van der Waals surface area contributed by atoms with Gasteiger partial charge in [0, 0.05) is 16.8 Å². The Labute approximate surface area is 200 Å². The van der Waals surface area contributed by atoms with Crippen LogP contribution in [0.25, 0.3) is 21.8 Å². The van der Waals surface area contributed by atoms with E-state index >= 15 is 0 Å². The molecule has 1 aliphatic heterocycles. The van der Waals surface area contributed by atoms with Crippen LogP contribution in [0.5, 0.6) is 5.75 Å². The van der Waals surface area contributed by atoms with Crippen molar-refractivity contribution in [3.8, 4) is 5.75 Å². The molecular weight excluding hydrogens is 470 g/mol. The summed E-state index contributed by atoms with van der Waals surface area (Å²) in [5.74, 6) is 0.102. The van der Waals surface area contributed by atoms with Crippen molar-refractivity contribution in [1.82, 2.24) is 10.3 Å². The van der Waals surface area contributed by atoms with Crippen LogP contribution < -0.4 is 25.0 Å². The van der Waals surface area contributed by atoms with Gasteiger partial charge in [-0.05, 0) is 36.4 Å². The Morgan fingerprint density at radius 3 is 2.49 bits per heavy atom. The van der Waals surface area contributed by atoms with Gasteiger partial charge in [0.2, 0.25) is 10.0 Å². The maximum Gasteiger partial charge on any atom is 0.329 e. The average Bonchev–Trinajstić information content (AvgIpc) is 3.16. The SMILES string of the molecule is COc1cc(NS(C)(=O)=O)ccc1Nc1c2ccccc2nc2cc(N3C(=O)CNC3=O)ccc12. The van der Waals surface area contributed by atoms with E-state index < -0.39 is 16.1 Å². The molecule has 35 heavy (non-hydrogen) atoms. The number of sulfonamides is 1. The van der Waals surface area contributed by atoms with Crippen molar-refractivity contribution in [2.75, 3.05) is 34.8 Å². The van der Waals surface area contributed by atoms with Crippen molar-refractivity contribution in [2.45, 2.75) is 0 Å². The third-order valence-corrected chi connectivity index (χ3v) is 6.14. The van der Waals surface area contributed by atoms with Crippen LogP contribution in [0.4, 0.5) is 27.5 Å². The molecule has 0 atom stereocenters. The van der Waals surface area contributed by atoms with Crippen LogP contribution >= 0.6 is 0 Å². The van der Waals surface area contributed by atoms with Gasteiger partial charge in [0.05, 0.1) is 53.7 Å². The number of nitrogens with one attached hydrogen (secondary N) is 3. The summed E-state index contributed by atoms with van der Waals surface area (Å²) in [7, 11) is -1.94. The van der Waals surface area contributed by atoms with Crippen LogP contribution in [-0.2, 0) is 14.8 Å². The van der Waals surface area contributed by atoms with Gasteiger partial charge >= 0.3 is 6.03 Å². The van der Waals surface area contributed by atoms with Gasteiger partial charge in [-0.1, -0.05) is 18.2 Å². The van der Waals surface area contributed by atoms with Gasteiger partial charge in [-0.2, -0.15) is 0 Å². The molecule has 0 spiro atoms. The molecule has 3 N–H and O–H groups in total. The number of amides is 3. The minimum atomic E-state index is -3.44. The lowest BCUT2D eigenvalue weighted by molar-refractivity contribution is -0.115. The van der Waals surface area contributed by atoms with Gasteiger partial charge in [0.25, 0.3) is 5.91 Å². The zero-order chi connectivity index (χ0) is 24.7. The highest BCUT2D eigenvalue weighted by Crippen LogP contribution is 2.38. The number of para-hydroxylation sites is 1. The van der Waals surface area contributed by atoms with Gasteiger partial charge in [-0.15, -0.1) is 0 Å². The van der Waals surface area contributed by atoms with Crippen molar-refractivity contribution in [3.63, 3.8) is 0 Å². The number of hydrogen-bond donors (Lipinski definition) is 3. The molecule has 5 rings (SSSR count). The summed E-state index contributed by atoms with van der Waals surface area (Å²) in [6.07, 6.45) is 1.08. The molecular formula is C24H21N5O5S. The summed E-state index contributed by atoms with van der Waals surface area (Å²) in [5, 5.41) is 7.54. The Bertz CT molecular complexity index is 1600. The highest BCUT2D eigenvalue weighted by molar-refractivity contribution is 7.92. The van der Waals surface area contributed by atoms with Crippen molar-refractivity contribution in [1.29, 1.82) is 0 Å². The molecule has 3 amide bonds. The van der Waals surface area contributed by atoms with Crippen LogP contribution in [-0.4, -0.2) is 45.3 Å². The first-order valence-electron chi connectivity index (χ1n) is 10.6. The number of carbonyl (C=O) groups excluding carboxylic acids is 2. The summed E-state index contributed by atoms with van der Waals surface area (Å²) in [6.45, 7) is -0.0429. The molecule has 1 aliphatic rings. The molecule has 1 aromatic heterocycles. The van der Waals surface area contributed by atoms with Crippen molar-refractivity contribution in [3.05, 3.63) is 60.7 Å². The van der Waals surface area contributed by atoms with E-state index in [1.807, 2.05) is 24.3 Å². The van der Waals surface area contributed by atoms with Gasteiger partial charge in [0.1, 0.15) is 5.75 Å². The minimum absolute atomic E-state index is 0.0429. The number of pyridine rings is 1. The quantitative estimate of drug-likeness (QED) is 0.278. The number of methoxy groups -OCH3 is 1. The first-order valence-corrected chi connectivity index (χ1v) is 12.5. The number of rotatable bonds is 6. The molecule has 11 heteroatoms. The lowest BCUT2D eigenvalue weighted by atomic mass is 10.1. The number of aromatic nitrogens is 1. The van der Waals surface area contributed by atoms with Crippen LogP contribution in [0.3, 0.4) is 0 Å². The normalized spacial score (nSPS) is 13.8. The summed E-state index contributed by atoms with van der Waals surface area (Å²) in [6, 6.07) is 17.2. The Balaban J connectivity index is 1.64. The first-order chi connectivity index (χ1) is 16.7. The van der Waals surface area contributed by atoms with Gasteiger partial charge in [-0.25, -0.2) is 23.1 Å². The Kier molecular flexibility index (Phi) is 5.40. The monoisotopic (exact) mass is 491 g/mol. The van der Waals surface area contributed by atoms with Crippen LogP contribution in [0.2, 0.25) is 0 Å². The Morgan fingerprint density at radius 2 is 1.77 bits per heavy atom. The lowest BCUT2D eigenvalue weighted by Crippen LogP contribution is -2.30. The van der Waals surface area contributed by atoms with Gasteiger partial charge in [-0.3, -0.25) is 9.52 Å². The molecule has 10 nitrogen and oxygen atoms in total. The molecule has 2 heterocycles. The largest absolute Gasteiger partial charge is 0.494 e. The Morgan fingerprint density at radius 1 is 1.00 bits per heavy atom. The zero-order valence-corrected chi connectivity index (χ0v) is 19.6. The van der Waals surface area contributed by atoms with E-state index in [0.29, 0.717) is 33.8 Å². The fourth-order valence-electron chi connectivity index (χ4n) is 4.05. The van der Waals surface area contributed by atoms with Crippen molar-refractivity contribution < 1.29 is 22.7 Å². The fraction of sp³-hybridized carbons (Fsp3) is 0.125. The number of ether oxygens (including phenoxy) is 1. The molecule has 178 valence electrons. The van der Waals surface area contributed by atoms with E-state index in [4.69, 9.17) is 9.72 Å². The van der Waals surface area contributed by atoms with E-state index in [1.165, 1.54) is 7.11 Å². The number of carbonyl (C=O) groups is 2. The second kappa shape index (κ2) is 8.44. The van der Waals surface area contributed by atoms with Crippen LogP contribution in [0.1, 0.15) is 0 Å². The molecule has 0 saturated carbocycles. The van der Waals surface area contributed by atoms with E-state index in [9.17, 15) is 18.0 Å². The maximum atomic E-state index is 12.2. The molecule has 0 unspecified atom stereocenters. The third kappa shape index (κ3) is 4.28. The van der Waals surface area contributed by atoms with Crippen LogP contribution in [0, 0.1) is 0 Å². The number of hydrogen-bond acceptors (Lipinski definition) is 7. The second-order valence-corrected chi connectivity index (χ2v) is 9.76. The molecule has 0 aliphatic carbocycles. The molecule has 0 bridgehead atoms. The smallest absolute Gasteiger partial charge is 0.329 e. The van der Waals surface area contributed by atoms with E-state index in [0.717, 1.165) is 27.6 Å². The highest BCUT2D eigenvalue weighted by atomic mass is 32.2. The second-order valence-electron chi connectivity index (χ2n) is 8.01. The lowest BCUT2D eigenvalue weighted by Gasteiger charge is -2.18. The first kappa shape index (κ1) is 22.4. The predicted molar refractivity (Wildman–Crippen MR) is 135 cm³/mol. The highest BCUT2D eigenvalue weighted by Gasteiger charge is 2.30. The molecule has 1 fully saturated rings. The van der Waals surface area contributed by atoms with Crippen LogP contribution in [0.15, 0.2) is 60.7 Å². The van der Waals surface area contributed by atoms with Crippen molar-refractivity contribution >= 4 is 66.5 Å². The number of urea groups is 1. The van der Waals surface area contributed by atoms with Gasteiger partial charge in [0.15, 0.2) is 0 Å². The zero-order valence-electron chi connectivity index (χ0n) is 18.8.